The van der Waals surface area contributed by atoms with Crippen molar-refractivity contribution in [2.75, 3.05) is 0 Å². The average molecular weight is 690 g/mol. The summed E-state index contributed by atoms with van der Waals surface area (Å²) in [5.74, 6) is 1.44. The summed E-state index contributed by atoms with van der Waals surface area (Å²) >= 11 is 0. The number of nitrogens with zero attached hydrogens (tertiary/aromatic N) is 7. The lowest BCUT2D eigenvalue weighted by molar-refractivity contribution is 0.953. The SMILES string of the molecule is [C-]#[N+]c1ccc(-c2nc(-c3ccc(C#N)cc3)nc(-n3c4ccccc4c4c(-c5ccc6c(c5)c5ccccc5n6-c5ccccc5)cccc43)n2)cc1. The van der Waals surface area contributed by atoms with E-state index < -0.39 is 0 Å². The minimum Gasteiger partial charge on any atom is -0.309 e. The molecule has 0 fully saturated rings. The fourth-order valence-electron chi connectivity index (χ4n) is 7.57. The number of aromatic nitrogens is 5. The second kappa shape index (κ2) is 12.4. The van der Waals surface area contributed by atoms with Gasteiger partial charge in [0.15, 0.2) is 17.3 Å². The van der Waals surface area contributed by atoms with E-state index in [4.69, 9.17) is 21.5 Å². The fourth-order valence-corrected chi connectivity index (χ4v) is 7.57. The van der Waals surface area contributed by atoms with Crippen LogP contribution in [0, 0.1) is 17.9 Å². The second-order valence-corrected chi connectivity index (χ2v) is 13.1. The molecule has 7 nitrogen and oxygen atoms in total. The topological polar surface area (TPSA) is 76.7 Å². The van der Waals surface area contributed by atoms with Gasteiger partial charge >= 0.3 is 0 Å². The number of benzene rings is 7. The first-order valence-corrected chi connectivity index (χ1v) is 17.5. The molecule has 7 aromatic carbocycles. The molecular formula is C47H27N7. The Balaban J connectivity index is 1.21. The largest absolute Gasteiger partial charge is 0.309 e. The van der Waals surface area contributed by atoms with Gasteiger partial charge in [0.05, 0.1) is 40.3 Å². The molecular weight excluding hydrogens is 663 g/mol. The first-order chi connectivity index (χ1) is 26.7. The summed E-state index contributed by atoms with van der Waals surface area (Å²) in [6.07, 6.45) is 0. The van der Waals surface area contributed by atoms with Crippen molar-refractivity contribution in [3.05, 3.63) is 181 Å². The minimum atomic E-state index is 0.471. The Morgan fingerprint density at radius 2 is 1.09 bits per heavy atom. The first-order valence-electron chi connectivity index (χ1n) is 17.5. The number of hydrogen-bond acceptors (Lipinski definition) is 4. The maximum Gasteiger partial charge on any atom is 0.238 e. The third-order valence-corrected chi connectivity index (χ3v) is 10.0. The van der Waals surface area contributed by atoms with Crippen molar-refractivity contribution in [3.8, 4) is 51.6 Å². The standard InChI is InChI=1S/C47H27N7/c1-49-34-25-22-32(23-26-34)46-50-45(31-20-18-30(29-48)19-21-31)51-47(52-46)54-41-16-8-6-13-38(41)44-36(14-9-17-43(44)54)33-24-27-42-39(28-33)37-12-5-7-15-40(37)53(42)35-10-3-2-4-11-35/h2-28H. The Morgan fingerprint density at radius 1 is 0.500 bits per heavy atom. The number of nitriles is 1. The normalized spacial score (nSPS) is 11.3. The summed E-state index contributed by atoms with van der Waals surface area (Å²) in [6.45, 7) is 7.43. The molecule has 0 saturated carbocycles. The van der Waals surface area contributed by atoms with Gasteiger partial charge in [0, 0.05) is 38.4 Å². The number of hydrogen-bond donors (Lipinski definition) is 0. The summed E-state index contributed by atoms with van der Waals surface area (Å²) in [6, 6.07) is 57.3. The van der Waals surface area contributed by atoms with Crippen molar-refractivity contribution in [2.24, 2.45) is 0 Å². The van der Waals surface area contributed by atoms with Crippen LogP contribution < -0.4 is 0 Å². The van der Waals surface area contributed by atoms with Gasteiger partial charge in [-0.25, -0.2) is 9.83 Å². The van der Waals surface area contributed by atoms with E-state index in [0.29, 0.717) is 28.8 Å². The Kier molecular flexibility index (Phi) is 7.11. The van der Waals surface area contributed by atoms with Gasteiger partial charge < -0.3 is 4.57 Å². The Labute approximate surface area is 310 Å². The highest BCUT2D eigenvalue weighted by Gasteiger charge is 2.21. The zero-order chi connectivity index (χ0) is 36.2. The summed E-state index contributed by atoms with van der Waals surface area (Å²) in [4.78, 5) is 18.6. The van der Waals surface area contributed by atoms with Crippen LogP contribution in [0.3, 0.4) is 0 Å². The molecule has 0 spiro atoms. The quantitative estimate of drug-likeness (QED) is 0.169. The average Bonchev–Trinajstić information content (AvgIpc) is 3.77. The molecule has 0 N–H and O–H groups in total. The molecule has 10 rings (SSSR count). The molecule has 0 unspecified atom stereocenters. The molecule has 0 aliphatic rings. The van der Waals surface area contributed by atoms with Gasteiger partial charge in [-0.2, -0.15) is 15.2 Å². The molecule has 7 heteroatoms. The highest BCUT2D eigenvalue weighted by molar-refractivity contribution is 6.17. The zero-order valence-corrected chi connectivity index (χ0v) is 28.7. The minimum absolute atomic E-state index is 0.471. The van der Waals surface area contributed by atoms with Gasteiger partial charge in [-0.05, 0) is 77.9 Å². The maximum absolute atomic E-state index is 9.44. The Bertz CT molecular complexity index is 3080. The van der Waals surface area contributed by atoms with E-state index >= 15 is 0 Å². The summed E-state index contributed by atoms with van der Waals surface area (Å²) in [7, 11) is 0. The zero-order valence-electron chi connectivity index (χ0n) is 28.7. The lowest BCUT2D eigenvalue weighted by Crippen LogP contribution is -2.06. The van der Waals surface area contributed by atoms with Crippen molar-refractivity contribution < 1.29 is 0 Å². The molecule has 0 atom stereocenters. The van der Waals surface area contributed by atoms with Gasteiger partial charge in [0.1, 0.15) is 0 Å². The highest BCUT2D eigenvalue weighted by Crippen LogP contribution is 2.41. The van der Waals surface area contributed by atoms with Gasteiger partial charge in [0.25, 0.3) is 0 Å². The van der Waals surface area contributed by atoms with E-state index in [9.17, 15) is 5.26 Å². The third-order valence-electron chi connectivity index (χ3n) is 10.0. The van der Waals surface area contributed by atoms with Gasteiger partial charge in [-0.1, -0.05) is 97.1 Å². The van der Waals surface area contributed by atoms with Gasteiger partial charge in [0.2, 0.25) is 5.95 Å². The van der Waals surface area contributed by atoms with E-state index in [1.165, 1.54) is 10.8 Å². The molecule has 3 heterocycles. The number of para-hydroxylation sites is 3. The Hall–Kier alpha value is -7.87. The summed E-state index contributed by atoms with van der Waals surface area (Å²) < 4.78 is 4.44. The van der Waals surface area contributed by atoms with Crippen LogP contribution in [0.4, 0.5) is 5.69 Å². The molecule has 3 aromatic heterocycles. The fraction of sp³-hybridized carbons (Fsp3) is 0. The first kappa shape index (κ1) is 30.9. The molecule has 54 heavy (non-hydrogen) atoms. The van der Waals surface area contributed by atoms with Crippen molar-refractivity contribution >= 4 is 49.3 Å². The molecule has 0 aliphatic heterocycles. The molecule has 0 saturated heterocycles. The lowest BCUT2D eigenvalue weighted by atomic mass is 9.98. The van der Waals surface area contributed by atoms with Gasteiger partial charge in [-0.15, -0.1) is 0 Å². The van der Waals surface area contributed by atoms with Crippen LogP contribution in [0.2, 0.25) is 0 Å². The van der Waals surface area contributed by atoms with Crippen molar-refractivity contribution in [1.29, 1.82) is 5.26 Å². The van der Waals surface area contributed by atoms with Crippen molar-refractivity contribution in [1.82, 2.24) is 24.1 Å². The smallest absolute Gasteiger partial charge is 0.238 e. The van der Waals surface area contributed by atoms with E-state index in [2.05, 4.69) is 123 Å². The molecule has 0 aliphatic carbocycles. The van der Waals surface area contributed by atoms with Crippen LogP contribution in [-0.2, 0) is 0 Å². The van der Waals surface area contributed by atoms with E-state index in [1.54, 1.807) is 24.3 Å². The summed E-state index contributed by atoms with van der Waals surface area (Å²) in [5, 5.41) is 14.0. The Morgan fingerprint density at radius 3 is 1.80 bits per heavy atom. The van der Waals surface area contributed by atoms with E-state index in [1.807, 2.05) is 36.4 Å². The number of rotatable bonds is 5. The van der Waals surface area contributed by atoms with E-state index in [-0.39, 0.29) is 0 Å². The maximum atomic E-state index is 9.44. The van der Waals surface area contributed by atoms with Crippen LogP contribution in [0.15, 0.2) is 164 Å². The molecule has 0 radical (unpaired) electrons. The predicted molar refractivity (Wildman–Crippen MR) is 216 cm³/mol. The van der Waals surface area contributed by atoms with Crippen molar-refractivity contribution in [3.63, 3.8) is 0 Å². The van der Waals surface area contributed by atoms with E-state index in [0.717, 1.165) is 60.8 Å². The second-order valence-electron chi connectivity index (χ2n) is 13.1. The van der Waals surface area contributed by atoms with Crippen LogP contribution in [-0.4, -0.2) is 24.1 Å². The van der Waals surface area contributed by atoms with Crippen LogP contribution >= 0.6 is 0 Å². The van der Waals surface area contributed by atoms with Crippen LogP contribution in [0.5, 0.6) is 0 Å². The molecule has 0 bridgehead atoms. The van der Waals surface area contributed by atoms with Crippen LogP contribution in [0.25, 0.3) is 94.0 Å². The lowest BCUT2D eigenvalue weighted by Gasteiger charge is -2.11. The van der Waals surface area contributed by atoms with Crippen molar-refractivity contribution in [2.45, 2.75) is 0 Å². The highest BCUT2D eigenvalue weighted by atomic mass is 15.2. The predicted octanol–water partition coefficient (Wildman–Crippen LogP) is 11.5. The molecule has 250 valence electrons. The molecule has 10 aromatic rings. The summed E-state index contributed by atoms with van der Waals surface area (Å²) in [5.41, 5.74) is 10.2. The van der Waals surface area contributed by atoms with Gasteiger partial charge in [-0.3, -0.25) is 4.57 Å². The molecule has 0 amide bonds. The van der Waals surface area contributed by atoms with Crippen LogP contribution in [0.1, 0.15) is 5.56 Å². The monoisotopic (exact) mass is 689 g/mol. The third kappa shape index (κ3) is 4.92. The number of fused-ring (bicyclic) bond motifs is 6.